The van der Waals surface area contributed by atoms with Gasteiger partial charge in [-0.05, 0) is 90.1 Å². The topological polar surface area (TPSA) is 87.8 Å². The van der Waals surface area contributed by atoms with Crippen molar-refractivity contribution in [3.63, 3.8) is 0 Å². The summed E-state index contributed by atoms with van der Waals surface area (Å²) in [5, 5.41) is 17.2. The van der Waals surface area contributed by atoms with E-state index in [9.17, 15) is 4.79 Å². The van der Waals surface area contributed by atoms with Gasteiger partial charge in [-0.15, -0.1) is 0 Å². The third-order valence-corrected chi connectivity index (χ3v) is 6.08. The molecule has 1 fully saturated rings. The van der Waals surface area contributed by atoms with Gasteiger partial charge in [-0.25, -0.2) is 4.79 Å². The first-order valence-electron chi connectivity index (χ1n) is 11.3. The van der Waals surface area contributed by atoms with E-state index in [0.717, 1.165) is 66.5 Å². The molecule has 0 saturated carbocycles. The Morgan fingerprint density at radius 2 is 2.03 bits per heavy atom. The lowest BCUT2D eigenvalue weighted by atomic mass is 9.91. The van der Waals surface area contributed by atoms with Crippen LogP contribution in [0, 0.1) is 12.8 Å². The fourth-order valence-corrected chi connectivity index (χ4v) is 4.27. The van der Waals surface area contributed by atoms with E-state index in [-0.39, 0.29) is 6.10 Å². The number of benzene rings is 1. The number of rotatable bonds is 5. The molecule has 170 valence electrons. The summed E-state index contributed by atoms with van der Waals surface area (Å²) in [6.45, 7) is 3.30. The third-order valence-electron chi connectivity index (χ3n) is 6.08. The number of aryl methyl sites for hydroxylation is 2. The summed E-state index contributed by atoms with van der Waals surface area (Å²) in [5.74, 6) is 1.41. The molecule has 1 atom stereocenters. The van der Waals surface area contributed by atoms with E-state index in [4.69, 9.17) is 14.4 Å². The molecule has 2 aliphatic rings. The summed E-state index contributed by atoms with van der Waals surface area (Å²) in [5.41, 5.74) is 2.81. The molecular weight excluding hydrogens is 394 g/mol. The molecule has 0 spiro atoms. The zero-order valence-electron chi connectivity index (χ0n) is 18.9. The van der Waals surface area contributed by atoms with E-state index < -0.39 is 6.09 Å². The summed E-state index contributed by atoms with van der Waals surface area (Å²) in [6, 6.07) is 4.09. The number of aromatic nitrogens is 1. The van der Waals surface area contributed by atoms with Gasteiger partial charge in [0, 0.05) is 24.0 Å². The largest absolute Gasteiger partial charge is 0.486 e. The van der Waals surface area contributed by atoms with Gasteiger partial charge in [0.1, 0.15) is 11.9 Å². The van der Waals surface area contributed by atoms with Gasteiger partial charge >= 0.3 is 6.09 Å². The zero-order valence-corrected chi connectivity index (χ0v) is 18.9. The van der Waals surface area contributed by atoms with Gasteiger partial charge in [0.15, 0.2) is 5.58 Å². The monoisotopic (exact) mass is 429 g/mol. The summed E-state index contributed by atoms with van der Waals surface area (Å²) >= 11 is 0. The van der Waals surface area contributed by atoms with Gasteiger partial charge in [0.05, 0.1) is 5.69 Å². The Kier molecular flexibility index (Phi) is 8.35. The number of nitrogens with zero attached hydrogens (tertiary/aromatic N) is 2. The highest BCUT2D eigenvalue weighted by Crippen LogP contribution is 2.32. The maximum atomic E-state index is 11.0. The smallest absolute Gasteiger partial charge is 0.407 e. The molecule has 2 heterocycles. The van der Waals surface area contributed by atoms with Crippen LogP contribution < -0.4 is 10.1 Å². The molecule has 2 aromatic rings. The molecule has 1 aliphatic carbocycles. The Balaban J connectivity index is 0.000000858. The number of likely N-dealkylation sites (tertiary alicyclic amines) is 1. The molecule has 2 N–H and O–H groups in total. The Bertz CT molecular complexity index is 884. The van der Waals surface area contributed by atoms with Crippen LogP contribution >= 0.6 is 0 Å². The quantitative estimate of drug-likeness (QED) is 0.665. The first kappa shape index (κ1) is 23.1. The Morgan fingerprint density at radius 3 is 2.68 bits per heavy atom. The highest BCUT2D eigenvalue weighted by atomic mass is 16.5. The fourth-order valence-electron chi connectivity index (χ4n) is 4.27. The molecule has 1 saturated heterocycles. The molecular formula is C24H35N3O4. The first-order chi connectivity index (χ1) is 15.0. The van der Waals surface area contributed by atoms with Gasteiger partial charge in [0.25, 0.3) is 0 Å². The molecule has 0 radical (unpaired) electrons. The Hall–Kier alpha value is -2.54. The third kappa shape index (κ3) is 6.00. The first-order valence-corrected chi connectivity index (χ1v) is 11.3. The predicted octanol–water partition coefficient (Wildman–Crippen LogP) is 4.78. The second-order valence-electron chi connectivity index (χ2n) is 8.46. The van der Waals surface area contributed by atoms with Crippen molar-refractivity contribution in [2.45, 2.75) is 58.0 Å². The molecule has 31 heavy (non-hydrogen) atoms. The van der Waals surface area contributed by atoms with Crippen molar-refractivity contribution in [2.75, 3.05) is 27.2 Å². The van der Waals surface area contributed by atoms with Crippen LogP contribution in [0.2, 0.25) is 0 Å². The van der Waals surface area contributed by atoms with Gasteiger partial charge in [0.2, 0.25) is 0 Å². The molecule has 7 heteroatoms. The van der Waals surface area contributed by atoms with Gasteiger partial charge < -0.3 is 24.6 Å². The maximum absolute atomic E-state index is 11.0. The van der Waals surface area contributed by atoms with Crippen LogP contribution in [0.4, 0.5) is 4.79 Å². The lowest BCUT2D eigenvalue weighted by Gasteiger charge is -2.29. The molecule has 0 bridgehead atoms. The zero-order chi connectivity index (χ0) is 22.2. The van der Waals surface area contributed by atoms with E-state index in [2.05, 4.69) is 28.7 Å². The van der Waals surface area contributed by atoms with Crippen LogP contribution in [0.25, 0.3) is 11.0 Å². The number of nitrogens with one attached hydrogen (secondary N) is 1. The highest BCUT2D eigenvalue weighted by Gasteiger charge is 2.23. The van der Waals surface area contributed by atoms with E-state index in [1.54, 1.807) is 0 Å². The number of piperidine rings is 1. The van der Waals surface area contributed by atoms with Gasteiger partial charge in [-0.3, -0.25) is 0 Å². The standard InChI is InChI=1S/C22H28N2O4.C2H7N/c1-15-20(27-17-5-3-2-4-6-17)10-8-18-19(23-28-21(15)18)9-7-16-11-13-24(14-12-16)22(25)26;1-3-2/h3,5,8,10,16-17H,2,4,6-7,9,11-14H2,1H3,(H,25,26);3H,1-2H3. The normalized spacial score (nSPS) is 19.2. The van der Waals surface area contributed by atoms with Crippen molar-refractivity contribution in [3.8, 4) is 5.75 Å². The maximum Gasteiger partial charge on any atom is 0.407 e. The van der Waals surface area contributed by atoms with E-state index in [0.29, 0.717) is 19.0 Å². The fraction of sp³-hybridized carbons (Fsp3) is 0.583. The molecule has 1 unspecified atom stereocenters. The summed E-state index contributed by atoms with van der Waals surface area (Å²) in [7, 11) is 3.75. The molecule has 7 nitrogen and oxygen atoms in total. The second kappa shape index (κ2) is 11.2. The van der Waals surface area contributed by atoms with Crippen LogP contribution in [-0.4, -0.2) is 54.5 Å². The number of amides is 1. The summed E-state index contributed by atoms with van der Waals surface area (Å²) < 4.78 is 11.8. The summed E-state index contributed by atoms with van der Waals surface area (Å²) in [4.78, 5) is 12.5. The Labute approximate surface area is 184 Å². The lowest BCUT2D eigenvalue weighted by molar-refractivity contribution is 0.123. The van der Waals surface area contributed by atoms with E-state index in [1.807, 2.05) is 27.1 Å². The van der Waals surface area contributed by atoms with Crippen molar-refractivity contribution in [1.82, 2.24) is 15.4 Å². The second-order valence-corrected chi connectivity index (χ2v) is 8.46. The predicted molar refractivity (Wildman–Crippen MR) is 122 cm³/mol. The number of ether oxygens (including phenoxy) is 1. The minimum Gasteiger partial charge on any atom is -0.486 e. The molecule has 1 aromatic carbocycles. The van der Waals surface area contributed by atoms with Crippen molar-refractivity contribution in [3.05, 3.63) is 35.5 Å². The lowest BCUT2D eigenvalue weighted by Crippen LogP contribution is -2.37. The number of hydrogen-bond donors (Lipinski definition) is 2. The molecule has 4 rings (SSSR count). The van der Waals surface area contributed by atoms with Crippen molar-refractivity contribution < 1.29 is 19.2 Å². The average Bonchev–Trinajstić information content (AvgIpc) is 3.19. The van der Waals surface area contributed by atoms with Crippen LogP contribution in [0.1, 0.15) is 49.8 Å². The molecule has 1 amide bonds. The van der Waals surface area contributed by atoms with Gasteiger partial charge in [-0.2, -0.15) is 0 Å². The minimum absolute atomic E-state index is 0.143. The SMILES string of the molecule is CNC.Cc1c(OC2C=CCCC2)ccc2c(CCC3CCN(C(=O)O)CC3)noc12. The number of hydrogen-bond acceptors (Lipinski definition) is 5. The Morgan fingerprint density at radius 1 is 1.29 bits per heavy atom. The van der Waals surface area contributed by atoms with Crippen LogP contribution in [-0.2, 0) is 6.42 Å². The number of carbonyl (C=O) groups is 1. The van der Waals surface area contributed by atoms with Gasteiger partial charge in [-0.1, -0.05) is 11.2 Å². The molecule has 1 aromatic heterocycles. The number of allylic oxidation sites excluding steroid dienone is 1. The summed E-state index contributed by atoms with van der Waals surface area (Å²) in [6.07, 6.45) is 10.7. The number of fused-ring (bicyclic) bond motifs is 1. The van der Waals surface area contributed by atoms with E-state index >= 15 is 0 Å². The van der Waals surface area contributed by atoms with Crippen molar-refractivity contribution >= 4 is 17.1 Å². The number of carboxylic acid groups (broad SMARTS) is 1. The van der Waals surface area contributed by atoms with Crippen molar-refractivity contribution in [2.24, 2.45) is 5.92 Å². The average molecular weight is 430 g/mol. The van der Waals surface area contributed by atoms with Crippen molar-refractivity contribution in [1.29, 1.82) is 0 Å². The van der Waals surface area contributed by atoms with Crippen LogP contribution in [0.3, 0.4) is 0 Å². The van der Waals surface area contributed by atoms with Crippen LogP contribution in [0.5, 0.6) is 5.75 Å². The minimum atomic E-state index is -0.807. The van der Waals surface area contributed by atoms with Crippen LogP contribution in [0.15, 0.2) is 28.8 Å². The van der Waals surface area contributed by atoms with E-state index in [1.165, 1.54) is 11.3 Å². The molecule has 1 aliphatic heterocycles. The highest BCUT2D eigenvalue weighted by molar-refractivity contribution is 5.84.